The summed E-state index contributed by atoms with van der Waals surface area (Å²) < 4.78 is 1.63. The van der Waals surface area contributed by atoms with Crippen molar-refractivity contribution < 1.29 is 5.11 Å². The molecule has 0 bridgehead atoms. The number of fused-ring (bicyclic) bond motifs is 1. The number of hydrogen-bond acceptors (Lipinski definition) is 4. The highest BCUT2D eigenvalue weighted by molar-refractivity contribution is 5.40. The predicted molar refractivity (Wildman–Crippen MR) is 54.9 cm³/mol. The molecule has 0 aliphatic carbocycles. The molecule has 1 aliphatic heterocycles. The average molecular weight is 204 g/mol. The number of pyridine rings is 1. The first-order valence-electron chi connectivity index (χ1n) is 5.09. The number of nitrogens with zero attached hydrogens (tertiary/aromatic N) is 3. The molecule has 5 nitrogen and oxygen atoms in total. The Balaban J connectivity index is 2.05. The summed E-state index contributed by atoms with van der Waals surface area (Å²) in [4.78, 5) is 4.44. The standard InChI is InChI=1S/C10H12N4O/c15-8-1-2-9-12-10(13-14(9)6-8)7-3-4-11-5-7/h1-2,6-7,11,15H,3-5H2. The van der Waals surface area contributed by atoms with Crippen LogP contribution < -0.4 is 5.32 Å². The van der Waals surface area contributed by atoms with Crippen LogP contribution in [-0.4, -0.2) is 32.8 Å². The van der Waals surface area contributed by atoms with Gasteiger partial charge in [0, 0.05) is 12.5 Å². The van der Waals surface area contributed by atoms with Crippen LogP contribution in [0.15, 0.2) is 18.3 Å². The molecule has 1 atom stereocenters. The molecule has 2 aromatic rings. The van der Waals surface area contributed by atoms with Gasteiger partial charge in [0.05, 0.1) is 6.20 Å². The molecule has 2 N–H and O–H groups in total. The molecule has 0 radical (unpaired) electrons. The van der Waals surface area contributed by atoms with E-state index >= 15 is 0 Å². The molecule has 5 heteroatoms. The van der Waals surface area contributed by atoms with E-state index in [2.05, 4.69) is 15.4 Å². The van der Waals surface area contributed by atoms with Crippen molar-refractivity contribution in [1.82, 2.24) is 19.9 Å². The summed E-state index contributed by atoms with van der Waals surface area (Å²) in [6.07, 6.45) is 2.66. The molecule has 2 aromatic heterocycles. The van der Waals surface area contributed by atoms with Crippen molar-refractivity contribution in [1.29, 1.82) is 0 Å². The zero-order chi connectivity index (χ0) is 10.3. The van der Waals surface area contributed by atoms with Gasteiger partial charge >= 0.3 is 0 Å². The quantitative estimate of drug-likeness (QED) is 0.710. The van der Waals surface area contributed by atoms with E-state index in [1.165, 1.54) is 0 Å². The second kappa shape index (κ2) is 3.20. The van der Waals surface area contributed by atoms with Crippen molar-refractivity contribution in [3.05, 3.63) is 24.2 Å². The highest BCUT2D eigenvalue weighted by atomic mass is 16.3. The molecule has 15 heavy (non-hydrogen) atoms. The van der Waals surface area contributed by atoms with E-state index in [-0.39, 0.29) is 5.75 Å². The van der Waals surface area contributed by atoms with Crippen LogP contribution in [0, 0.1) is 0 Å². The maximum Gasteiger partial charge on any atom is 0.156 e. The third-order valence-corrected chi connectivity index (χ3v) is 2.76. The van der Waals surface area contributed by atoms with E-state index in [0.717, 1.165) is 31.0 Å². The van der Waals surface area contributed by atoms with Crippen molar-refractivity contribution in [2.75, 3.05) is 13.1 Å². The summed E-state index contributed by atoms with van der Waals surface area (Å²) in [5, 5.41) is 17.0. The molecule has 0 spiro atoms. The maximum absolute atomic E-state index is 9.30. The molecule has 1 aliphatic rings. The van der Waals surface area contributed by atoms with Crippen LogP contribution >= 0.6 is 0 Å². The Morgan fingerprint density at radius 1 is 1.47 bits per heavy atom. The molecule has 1 fully saturated rings. The fraction of sp³-hybridized carbons (Fsp3) is 0.400. The lowest BCUT2D eigenvalue weighted by Gasteiger charge is -1.99. The zero-order valence-corrected chi connectivity index (χ0v) is 8.22. The van der Waals surface area contributed by atoms with Gasteiger partial charge in [-0.1, -0.05) is 0 Å². The lowest BCUT2D eigenvalue weighted by atomic mass is 10.1. The minimum Gasteiger partial charge on any atom is -0.506 e. The Bertz CT molecular complexity index is 487. The summed E-state index contributed by atoms with van der Waals surface area (Å²) >= 11 is 0. The Kier molecular flexibility index (Phi) is 1.85. The number of aromatic hydroxyl groups is 1. The monoisotopic (exact) mass is 204 g/mol. The summed E-state index contributed by atoms with van der Waals surface area (Å²) in [7, 11) is 0. The van der Waals surface area contributed by atoms with Gasteiger partial charge in [-0.25, -0.2) is 9.50 Å². The minimum absolute atomic E-state index is 0.212. The van der Waals surface area contributed by atoms with E-state index < -0.39 is 0 Å². The van der Waals surface area contributed by atoms with Gasteiger partial charge in [0.25, 0.3) is 0 Å². The van der Waals surface area contributed by atoms with Gasteiger partial charge in [0.1, 0.15) is 5.75 Å². The van der Waals surface area contributed by atoms with Gasteiger partial charge in [0.15, 0.2) is 11.5 Å². The SMILES string of the molecule is Oc1ccc2nc(C3CCNC3)nn2c1. The number of hydrogen-bond donors (Lipinski definition) is 2. The van der Waals surface area contributed by atoms with Gasteiger partial charge in [-0.3, -0.25) is 0 Å². The van der Waals surface area contributed by atoms with Crippen LogP contribution in [0.1, 0.15) is 18.2 Å². The molecule has 3 rings (SSSR count). The van der Waals surface area contributed by atoms with Crippen LogP contribution in [0.4, 0.5) is 0 Å². The van der Waals surface area contributed by atoms with Crippen molar-refractivity contribution in [2.24, 2.45) is 0 Å². The Labute approximate surface area is 86.8 Å². The molecule has 78 valence electrons. The molecule has 1 saturated heterocycles. The Morgan fingerprint density at radius 3 is 3.20 bits per heavy atom. The van der Waals surface area contributed by atoms with Crippen LogP contribution in [0.2, 0.25) is 0 Å². The molecule has 0 amide bonds. The van der Waals surface area contributed by atoms with E-state index in [1.54, 1.807) is 22.8 Å². The second-order valence-corrected chi connectivity index (χ2v) is 3.85. The topological polar surface area (TPSA) is 62.5 Å². The van der Waals surface area contributed by atoms with Crippen molar-refractivity contribution in [3.63, 3.8) is 0 Å². The van der Waals surface area contributed by atoms with E-state index in [4.69, 9.17) is 0 Å². The first-order valence-corrected chi connectivity index (χ1v) is 5.09. The molecule has 1 unspecified atom stereocenters. The first-order chi connectivity index (χ1) is 7.33. The highest BCUT2D eigenvalue weighted by Gasteiger charge is 2.20. The fourth-order valence-electron chi connectivity index (χ4n) is 1.94. The lowest BCUT2D eigenvalue weighted by Crippen LogP contribution is -2.08. The molecular formula is C10H12N4O. The van der Waals surface area contributed by atoms with Gasteiger partial charge < -0.3 is 10.4 Å². The molecular weight excluding hydrogens is 192 g/mol. The Hall–Kier alpha value is -1.62. The number of rotatable bonds is 1. The molecule has 0 aromatic carbocycles. The average Bonchev–Trinajstić information content (AvgIpc) is 2.84. The van der Waals surface area contributed by atoms with Gasteiger partial charge in [0.2, 0.25) is 0 Å². The van der Waals surface area contributed by atoms with Gasteiger partial charge in [-0.2, -0.15) is 5.10 Å². The van der Waals surface area contributed by atoms with Crippen LogP contribution in [0.5, 0.6) is 5.75 Å². The first kappa shape index (κ1) is 8.67. The predicted octanol–water partition coefficient (Wildman–Crippen LogP) is 0.512. The summed E-state index contributed by atoms with van der Waals surface area (Å²) in [5.74, 6) is 1.49. The number of aromatic nitrogens is 3. The zero-order valence-electron chi connectivity index (χ0n) is 8.22. The Morgan fingerprint density at radius 2 is 2.40 bits per heavy atom. The van der Waals surface area contributed by atoms with Crippen molar-refractivity contribution in [3.8, 4) is 5.75 Å². The largest absolute Gasteiger partial charge is 0.506 e. The second-order valence-electron chi connectivity index (χ2n) is 3.85. The fourth-order valence-corrected chi connectivity index (χ4v) is 1.94. The van der Waals surface area contributed by atoms with Crippen LogP contribution in [-0.2, 0) is 0 Å². The van der Waals surface area contributed by atoms with Gasteiger partial charge in [-0.05, 0) is 25.1 Å². The van der Waals surface area contributed by atoms with Crippen LogP contribution in [0.25, 0.3) is 5.65 Å². The van der Waals surface area contributed by atoms with E-state index in [9.17, 15) is 5.11 Å². The molecule has 0 saturated carbocycles. The van der Waals surface area contributed by atoms with Gasteiger partial charge in [-0.15, -0.1) is 0 Å². The smallest absolute Gasteiger partial charge is 0.156 e. The summed E-state index contributed by atoms with van der Waals surface area (Å²) in [6, 6.07) is 3.40. The minimum atomic E-state index is 0.212. The van der Waals surface area contributed by atoms with Crippen molar-refractivity contribution in [2.45, 2.75) is 12.3 Å². The van der Waals surface area contributed by atoms with E-state index in [0.29, 0.717) is 5.92 Å². The number of nitrogens with one attached hydrogen (secondary N) is 1. The van der Waals surface area contributed by atoms with Crippen LogP contribution in [0.3, 0.4) is 0 Å². The molecule has 3 heterocycles. The van der Waals surface area contributed by atoms with E-state index in [1.807, 2.05) is 0 Å². The normalized spacial score (nSPS) is 21.2. The highest BCUT2D eigenvalue weighted by Crippen LogP contribution is 2.20. The summed E-state index contributed by atoms with van der Waals surface area (Å²) in [5.41, 5.74) is 0.787. The third kappa shape index (κ3) is 1.45. The summed E-state index contributed by atoms with van der Waals surface area (Å²) in [6.45, 7) is 1.98. The third-order valence-electron chi connectivity index (χ3n) is 2.76. The lowest BCUT2D eigenvalue weighted by molar-refractivity contribution is 0.470. The van der Waals surface area contributed by atoms with Crippen molar-refractivity contribution >= 4 is 5.65 Å². The maximum atomic E-state index is 9.30.